The molecule has 0 unspecified atom stereocenters. The molecule has 18 heavy (non-hydrogen) atoms. The van der Waals surface area contributed by atoms with Gasteiger partial charge in [-0.2, -0.15) is 26.3 Å². The van der Waals surface area contributed by atoms with E-state index in [1.165, 1.54) is 22.6 Å². The van der Waals surface area contributed by atoms with Crippen LogP contribution in [0.25, 0.3) is 0 Å². The van der Waals surface area contributed by atoms with Crippen molar-refractivity contribution in [2.45, 2.75) is 12.4 Å². The van der Waals surface area contributed by atoms with Crippen molar-refractivity contribution in [2.24, 2.45) is 0 Å². The molecule has 100 valence electrons. The van der Waals surface area contributed by atoms with Gasteiger partial charge in [0.15, 0.2) is 0 Å². The van der Waals surface area contributed by atoms with Gasteiger partial charge in [0.1, 0.15) is 0 Å². The zero-order chi connectivity index (χ0) is 14.3. The Morgan fingerprint density at radius 2 is 1.56 bits per heavy atom. The lowest BCUT2D eigenvalue weighted by Crippen LogP contribution is -2.22. The minimum absolute atomic E-state index is 0.219. The van der Waals surface area contributed by atoms with Crippen LogP contribution in [-0.4, -0.2) is 11.1 Å². The van der Waals surface area contributed by atoms with E-state index in [0.29, 0.717) is 6.07 Å². The first-order valence-electron chi connectivity index (χ1n) is 4.16. The predicted molar refractivity (Wildman–Crippen MR) is 56.1 cm³/mol. The normalized spacial score (nSPS) is 12.6. The van der Waals surface area contributed by atoms with Gasteiger partial charge in [-0.05, 0) is 34.7 Å². The number of hydrogen-bond acceptors (Lipinski definition) is 1. The number of aromatic carboxylic acids is 1. The van der Waals surface area contributed by atoms with Crippen LogP contribution in [0.1, 0.15) is 21.5 Å². The molecule has 0 aliphatic carbocycles. The van der Waals surface area contributed by atoms with Gasteiger partial charge >= 0.3 is 18.3 Å². The Kier molecular flexibility index (Phi) is 3.84. The maximum atomic E-state index is 12.6. The van der Waals surface area contributed by atoms with Crippen LogP contribution < -0.4 is 0 Å². The molecule has 0 radical (unpaired) electrons. The summed E-state index contributed by atoms with van der Waals surface area (Å²) in [6, 6.07) is 0.902. The molecule has 0 bridgehead atoms. The molecule has 2 nitrogen and oxygen atoms in total. The molecule has 0 amide bonds. The Morgan fingerprint density at radius 3 is 1.89 bits per heavy atom. The first-order valence-corrected chi connectivity index (χ1v) is 5.24. The highest BCUT2D eigenvalue weighted by molar-refractivity contribution is 14.1. The van der Waals surface area contributed by atoms with E-state index in [1.807, 2.05) is 0 Å². The fraction of sp³-hybridized carbons (Fsp3) is 0.222. The largest absolute Gasteiger partial charge is 0.478 e. The van der Waals surface area contributed by atoms with Crippen molar-refractivity contribution in [1.29, 1.82) is 0 Å². The van der Waals surface area contributed by atoms with E-state index in [4.69, 9.17) is 5.11 Å². The maximum Gasteiger partial charge on any atom is 0.417 e. The van der Waals surface area contributed by atoms with Crippen LogP contribution >= 0.6 is 22.6 Å². The summed E-state index contributed by atoms with van der Waals surface area (Å²) in [4.78, 5) is 10.7. The topological polar surface area (TPSA) is 37.3 Å². The highest BCUT2D eigenvalue weighted by atomic mass is 127. The van der Waals surface area contributed by atoms with Crippen molar-refractivity contribution in [3.05, 3.63) is 32.4 Å². The molecule has 1 aromatic carbocycles. The lowest BCUT2D eigenvalue weighted by atomic mass is 10.00. The molecule has 0 aliphatic rings. The quantitative estimate of drug-likeness (QED) is 0.587. The number of carboxylic acid groups (broad SMARTS) is 1. The molecule has 0 heterocycles. The Labute approximate surface area is 110 Å². The number of carbonyl (C=O) groups is 1. The summed E-state index contributed by atoms with van der Waals surface area (Å²) >= 11 is 1.24. The number of carboxylic acids is 1. The van der Waals surface area contributed by atoms with E-state index < -0.39 is 38.6 Å². The molecule has 0 aliphatic heterocycles. The van der Waals surface area contributed by atoms with Crippen LogP contribution in [-0.2, 0) is 12.4 Å². The van der Waals surface area contributed by atoms with E-state index in [0.717, 1.165) is 0 Å². The van der Waals surface area contributed by atoms with Crippen LogP contribution in [0.4, 0.5) is 26.3 Å². The first kappa shape index (κ1) is 15.1. The number of benzene rings is 1. The van der Waals surface area contributed by atoms with Crippen LogP contribution in [0.3, 0.4) is 0 Å². The van der Waals surface area contributed by atoms with Gasteiger partial charge in [-0.3, -0.25) is 0 Å². The summed E-state index contributed by atoms with van der Waals surface area (Å²) in [5.41, 5.74) is -5.57. The zero-order valence-corrected chi connectivity index (χ0v) is 10.3. The third-order valence-corrected chi connectivity index (χ3v) is 2.86. The molecule has 9 heteroatoms. The van der Waals surface area contributed by atoms with Crippen LogP contribution in [0, 0.1) is 3.57 Å². The van der Waals surface area contributed by atoms with E-state index in [1.54, 1.807) is 0 Å². The molecule has 0 spiro atoms. The highest BCUT2D eigenvalue weighted by Crippen LogP contribution is 2.43. The first-order chi connectivity index (χ1) is 7.96. The highest BCUT2D eigenvalue weighted by Gasteiger charge is 2.46. The minimum Gasteiger partial charge on any atom is -0.478 e. The second kappa shape index (κ2) is 4.59. The van der Waals surface area contributed by atoms with Crippen LogP contribution in [0.15, 0.2) is 12.1 Å². The third kappa shape index (κ3) is 2.87. The van der Waals surface area contributed by atoms with Crippen molar-refractivity contribution in [1.82, 2.24) is 0 Å². The zero-order valence-electron chi connectivity index (χ0n) is 8.16. The molecule has 1 N–H and O–H groups in total. The molecule has 0 atom stereocenters. The summed E-state index contributed by atoms with van der Waals surface area (Å²) in [7, 11) is 0. The molecule has 1 rings (SSSR count). The lowest BCUT2D eigenvalue weighted by Gasteiger charge is -2.18. The summed E-state index contributed by atoms with van der Waals surface area (Å²) in [5, 5.41) is 8.63. The average molecular weight is 384 g/mol. The van der Waals surface area contributed by atoms with E-state index in [2.05, 4.69) is 0 Å². The number of rotatable bonds is 1. The molecule has 0 fully saturated rings. The van der Waals surface area contributed by atoms with E-state index >= 15 is 0 Å². The summed E-state index contributed by atoms with van der Waals surface area (Å²) in [6.07, 6.45) is -10.7. The van der Waals surface area contributed by atoms with E-state index in [-0.39, 0.29) is 6.07 Å². The Balaban J connectivity index is 3.78. The smallest absolute Gasteiger partial charge is 0.417 e. The van der Waals surface area contributed by atoms with Gasteiger partial charge in [0.05, 0.1) is 16.7 Å². The number of hydrogen-bond donors (Lipinski definition) is 1. The van der Waals surface area contributed by atoms with Crippen molar-refractivity contribution >= 4 is 28.6 Å². The van der Waals surface area contributed by atoms with Gasteiger partial charge in [0.25, 0.3) is 0 Å². The monoisotopic (exact) mass is 384 g/mol. The van der Waals surface area contributed by atoms with Crippen molar-refractivity contribution in [3.63, 3.8) is 0 Å². The molecule has 0 saturated carbocycles. The van der Waals surface area contributed by atoms with Gasteiger partial charge in [0.2, 0.25) is 0 Å². The Hall–Kier alpha value is -1.00. The average Bonchev–Trinajstić information content (AvgIpc) is 2.12. The molecular formula is C9H3F6IO2. The summed E-state index contributed by atoms with van der Waals surface area (Å²) < 4.78 is 74.8. The summed E-state index contributed by atoms with van der Waals surface area (Å²) in [6.45, 7) is 0. The van der Waals surface area contributed by atoms with Gasteiger partial charge in [0, 0.05) is 3.57 Å². The van der Waals surface area contributed by atoms with Crippen molar-refractivity contribution in [2.75, 3.05) is 0 Å². The molecule has 0 aromatic heterocycles. The molecule has 0 saturated heterocycles. The van der Waals surface area contributed by atoms with Crippen LogP contribution in [0.5, 0.6) is 0 Å². The Bertz CT molecular complexity index is 491. The fourth-order valence-corrected chi connectivity index (χ4v) is 2.00. The van der Waals surface area contributed by atoms with Gasteiger partial charge in [-0.1, -0.05) is 0 Å². The SMILES string of the molecule is O=C(O)c1c(I)ccc(C(F)(F)F)c1C(F)(F)F. The second-order valence-electron chi connectivity index (χ2n) is 3.15. The fourth-order valence-electron chi connectivity index (χ4n) is 1.32. The minimum atomic E-state index is -5.40. The predicted octanol–water partition coefficient (Wildman–Crippen LogP) is 4.03. The van der Waals surface area contributed by atoms with Crippen molar-refractivity contribution in [3.8, 4) is 0 Å². The number of alkyl halides is 6. The Morgan fingerprint density at radius 1 is 1.06 bits per heavy atom. The number of halogens is 7. The summed E-state index contributed by atoms with van der Waals surface area (Å²) in [5.74, 6) is -2.06. The molecular weight excluding hydrogens is 381 g/mol. The second-order valence-corrected chi connectivity index (χ2v) is 4.31. The van der Waals surface area contributed by atoms with Gasteiger partial charge in [-0.25, -0.2) is 4.79 Å². The standard InChI is InChI=1S/C9H3F6IO2/c10-8(11,12)3-1-2-4(16)5(7(17)18)6(3)9(13,14)15/h1-2H,(H,17,18). The maximum absolute atomic E-state index is 12.6. The van der Waals surface area contributed by atoms with Crippen molar-refractivity contribution < 1.29 is 36.2 Å². The lowest BCUT2D eigenvalue weighted by molar-refractivity contribution is -0.162. The third-order valence-electron chi connectivity index (χ3n) is 1.96. The van der Waals surface area contributed by atoms with Crippen LogP contribution in [0.2, 0.25) is 0 Å². The van der Waals surface area contributed by atoms with Gasteiger partial charge in [-0.15, -0.1) is 0 Å². The van der Waals surface area contributed by atoms with Gasteiger partial charge < -0.3 is 5.11 Å². The molecule has 1 aromatic rings. The van der Waals surface area contributed by atoms with E-state index in [9.17, 15) is 31.1 Å².